The van der Waals surface area contributed by atoms with E-state index in [1.54, 1.807) is 7.11 Å². The Hall–Kier alpha value is -1.75. The maximum atomic E-state index is 11.9. The number of nitrogens with one attached hydrogen (secondary N) is 2. The van der Waals surface area contributed by atoms with Crippen LogP contribution >= 0.6 is 0 Å². The number of methoxy groups -OCH3 is 1. The lowest BCUT2D eigenvalue weighted by Crippen LogP contribution is -2.46. The number of aryl methyl sites for hydroxylation is 1. The minimum Gasteiger partial charge on any atom is -0.496 e. The number of hydrogen-bond acceptors (Lipinski definition) is 4. The van der Waals surface area contributed by atoms with Crippen LogP contribution in [-0.4, -0.2) is 31.4 Å². The van der Waals surface area contributed by atoms with Crippen molar-refractivity contribution in [2.24, 2.45) is 5.92 Å². The van der Waals surface area contributed by atoms with Gasteiger partial charge in [0, 0.05) is 19.1 Å². The Morgan fingerprint density at radius 3 is 2.42 bits per heavy atom. The van der Waals surface area contributed by atoms with E-state index >= 15 is 0 Å². The van der Waals surface area contributed by atoms with Gasteiger partial charge in [-0.25, -0.2) is 4.79 Å². The topological polar surface area (TPSA) is 59.6 Å². The summed E-state index contributed by atoms with van der Waals surface area (Å²) in [4.78, 5) is 11.9. The Labute approximate surface area is 146 Å². The first-order chi connectivity index (χ1) is 11.1. The van der Waals surface area contributed by atoms with Gasteiger partial charge in [0.2, 0.25) is 0 Å². The summed E-state index contributed by atoms with van der Waals surface area (Å²) in [5.41, 5.74) is 1.82. The zero-order chi connectivity index (χ0) is 18.3. The van der Waals surface area contributed by atoms with Crippen LogP contribution in [0.25, 0.3) is 0 Å². The number of amides is 1. The number of carbonyl (C=O) groups is 1. The Morgan fingerprint density at radius 2 is 1.92 bits per heavy atom. The lowest BCUT2D eigenvalue weighted by molar-refractivity contribution is 0.0490. The predicted molar refractivity (Wildman–Crippen MR) is 97.4 cm³/mol. The first-order valence-corrected chi connectivity index (χ1v) is 8.46. The van der Waals surface area contributed by atoms with Crippen LogP contribution in [-0.2, 0) is 11.3 Å². The molecule has 0 radical (unpaired) electrons. The quantitative estimate of drug-likeness (QED) is 0.798. The second kappa shape index (κ2) is 8.92. The molecular weight excluding hydrogens is 304 g/mol. The van der Waals surface area contributed by atoms with Crippen LogP contribution in [0.1, 0.15) is 45.7 Å². The molecule has 1 aromatic carbocycles. The number of benzene rings is 1. The SMILES string of the molecule is COc1ccc(CNCC(NC(=O)OC(C)(C)C)C(C)C)cc1C. The molecule has 0 spiro atoms. The molecule has 1 unspecified atom stereocenters. The summed E-state index contributed by atoms with van der Waals surface area (Å²) in [6.07, 6.45) is -0.372. The molecule has 0 saturated heterocycles. The van der Waals surface area contributed by atoms with Gasteiger partial charge >= 0.3 is 6.09 Å². The summed E-state index contributed by atoms with van der Waals surface area (Å²) in [6, 6.07) is 6.15. The van der Waals surface area contributed by atoms with Gasteiger partial charge in [-0.1, -0.05) is 26.0 Å². The van der Waals surface area contributed by atoms with Crippen LogP contribution in [0, 0.1) is 12.8 Å². The third kappa shape index (κ3) is 7.21. The van der Waals surface area contributed by atoms with Gasteiger partial charge in [0.1, 0.15) is 11.4 Å². The van der Waals surface area contributed by atoms with Crippen molar-refractivity contribution in [1.29, 1.82) is 0 Å². The van der Waals surface area contributed by atoms with Gasteiger partial charge in [-0.3, -0.25) is 0 Å². The summed E-state index contributed by atoms with van der Waals surface area (Å²) in [5.74, 6) is 1.20. The molecule has 1 aromatic rings. The largest absolute Gasteiger partial charge is 0.496 e. The van der Waals surface area contributed by atoms with E-state index in [0.717, 1.165) is 17.9 Å². The molecule has 2 N–H and O–H groups in total. The highest BCUT2D eigenvalue weighted by atomic mass is 16.6. The van der Waals surface area contributed by atoms with E-state index in [1.807, 2.05) is 39.8 Å². The molecule has 0 aliphatic carbocycles. The summed E-state index contributed by atoms with van der Waals surface area (Å²) in [7, 11) is 1.68. The number of hydrogen-bond donors (Lipinski definition) is 2. The number of ether oxygens (including phenoxy) is 2. The third-order valence-corrected chi connectivity index (χ3v) is 3.66. The average molecular weight is 336 g/mol. The number of carbonyl (C=O) groups excluding carboxylic acids is 1. The van der Waals surface area contributed by atoms with Gasteiger partial charge in [-0.15, -0.1) is 0 Å². The van der Waals surface area contributed by atoms with Gasteiger partial charge in [-0.2, -0.15) is 0 Å². The second-order valence-electron chi connectivity index (χ2n) is 7.43. The third-order valence-electron chi connectivity index (χ3n) is 3.66. The molecule has 136 valence electrons. The molecule has 0 heterocycles. The van der Waals surface area contributed by atoms with Crippen LogP contribution < -0.4 is 15.4 Å². The molecule has 0 saturated carbocycles. The average Bonchev–Trinajstić information content (AvgIpc) is 2.44. The molecule has 1 atom stereocenters. The van der Waals surface area contributed by atoms with Crippen molar-refractivity contribution in [2.45, 2.75) is 59.7 Å². The summed E-state index contributed by atoms with van der Waals surface area (Å²) >= 11 is 0. The van der Waals surface area contributed by atoms with Gasteiger partial charge in [-0.05, 0) is 50.8 Å². The number of alkyl carbamates (subject to hydrolysis) is 1. The first-order valence-electron chi connectivity index (χ1n) is 8.46. The van der Waals surface area contributed by atoms with Crippen LogP contribution in [0.5, 0.6) is 5.75 Å². The van der Waals surface area contributed by atoms with E-state index in [1.165, 1.54) is 5.56 Å². The Bertz CT molecular complexity index is 536. The first kappa shape index (κ1) is 20.3. The van der Waals surface area contributed by atoms with Crippen molar-refractivity contribution < 1.29 is 14.3 Å². The van der Waals surface area contributed by atoms with Crippen LogP contribution in [0.15, 0.2) is 18.2 Å². The lowest BCUT2D eigenvalue weighted by Gasteiger charge is -2.26. The Kier molecular flexibility index (Phi) is 7.55. The second-order valence-corrected chi connectivity index (χ2v) is 7.43. The van der Waals surface area contributed by atoms with E-state index < -0.39 is 5.60 Å². The molecule has 24 heavy (non-hydrogen) atoms. The monoisotopic (exact) mass is 336 g/mol. The molecule has 0 bridgehead atoms. The van der Waals surface area contributed by atoms with Gasteiger partial charge in [0.05, 0.1) is 7.11 Å². The highest BCUT2D eigenvalue weighted by Crippen LogP contribution is 2.18. The zero-order valence-electron chi connectivity index (χ0n) is 16.0. The van der Waals surface area contributed by atoms with Crippen molar-refractivity contribution in [3.8, 4) is 5.75 Å². The maximum Gasteiger partial charge on any atom is 0.407 e. The minimum atomic E-state index is -0.486. The fourth-order valence-electron chi connectivity index (χ4n) is 2.33. The fraction of sp³-hybridized carbons (Fsp3) is 0.632. The lowest BCUT2D eigenvalue weighted by atomic mass is 10.0. The van der Waals surface area contributed by atoms with Crippen LogP contribution in [0.3, 0.4) is 0 Å². The smallest absolute Gasteiger partial charge is 0.407 e. The zero-order valence-corrected chi connectivity index (χ0v) is 16.0. The minimum absolute atomic E-state index is 0.0131. The summed E-state index contributed by atoms with van der Waals surface area (Å²) in [5, 5.41) is 6.35. The van der Waals surface area contributed by atoms with E-state index in [4.69, 9.17) is 9.47 Å². The molecule has 0 aromatic heterocycles. The van der Waals surface area contributed by atoms with E-state index in [-0.39, 0.29) is 12.1 Å². The Balaban J connectivity index is 2.52. The molecule has 0 aliphatic heterocycles. The molecule has 0 aliphatic rings. The fourth-order valence-corrected chi connectivity index (χ4v) is 2.33. The molecular formula is C19H32N2O3. The van der Waals surface area contributed by atoms with Crippen molar-refractivity contribution >= 4 is 6.09 Å². The van der Waals surface area contributed by atoms with Crippen molar-refractivity contribution in [3.05, 3.63) is 29.3 Å². The molecule has 5 nitrogen and oxygen atoms in total. The highest BCUT2D eigenvalue weighted by molar-refractivity contribution is 5.68. The van der Waals surface area contributed by atoms with Crippen LogP contribution in [0.4, 0.5) is 4.79 Å². The van der Waals surface area contributed by atoms with Gasteiger partial charge < -0.3 is 20.1 Å². The molecule has 5 heteroatoms. The molecule has 1 amide bonds. The van der Waals surface area contributed by atoms with E-state index in [2.05, 4.69) is 30.5 Å². The normalized spacial score (nSPS) is 12.8. The Morgan fingerprint density at radius 1 is 1.25 bits per heavy atom. The molecule has 1 rings (SSSR count). The summed E-state index contributed by atoms with van der Waals surface area (Å²) < 4.78 is 10.6. The maximum absolute atomic E-state index is 11.9. The van der Waals surface area contributed by atoms with Crippen molar-refractivity contribution in [2.75, 3.05) is 13.7 Å². The van der Waals surface area contributed by atoms with E-state index in [0.29, 0.717) is 12.5 Å². The highest BCUT2D eigenvalue weighted by Gasteiger charge is 2.21. The van der Waals surface area contributed by atoms with E-state index in [9.17, 15) is 4.79 Å². The standard InChI is InChI=1S/C19H32N2O3/c1-13(2)16(21-18(22)24-19(4,5)6)12-20-11-15-8-9-17(23-7)14(3)10-15/h8-10,13,16,20H,11-12H2,1-7H3,(H,21,22). The summed E-state index contributed by atoms with van der Waals surface area (Å²) in [6.45, 7) is 13.2. The predicted octanol–water partition coefficient (Wildman–Crippen LogP) is 3.64. The van der Waals surface area contributed by atoms with Crippen molar-refractivity contribution in [3.63, 3.8) is 0 Å². The van der Waals surface area contributed by atoms with Crippen LogP contribution in [0.2, 0.25) is 0 Å². The molecule has 0 fully saturated rings. The van der Waals surface area contributed by atoms with Gasteiger partial charge in [0.25, 0.3) is 0 Å². The number of rotatable bonds is 7. The van der Waals surface area contributed by atoms with Crippen molar-refractivity contribution in [1.82, 2.24) is 10.6 Å². The van der Waals surface area contributed by atoms with Gasteiger partial charge in [0.15, 0.2) is 0 Å².